The lowest BCUT2D eigenvalue weighted by Gasteiger charge is -2.34. The van der Waals surface area contributed by atoms with Crippen molar-refractivity contribution >= 4 is 12.0 Å². The number of nitrogens with one attached hydrogen (secondary N) is 1. The molecular weight excluding hydrogens is 522 g/mol. The van der Waals surface area contributed by atoms with E-state index < -0.39 is 18.0 Å². The normalized spacial score (nSPS) is 14.9. The number of aromatic nitrogens is 3. The Balaban J connectivity index is 1.53. The van der Waals surface area contributed by atoms with E-state index >= 15 is 0 Å². The summed E-state index contributed by atoms with van der Waals surface area (Å²) in [4.78, 5) is 32.2. The number of amides is 2. The quantitative estimate of drug-likeness (QED) is 0.295. The smallest absolute Gasteiger partial charge is 0.338 e. The maximum atomic E-state index is 13.2. The highest BCUT2D eigenvalue weighted by Gasteiger charge is 2.37. The van der Waals surface area contributed by atoms with Gasteiger partial charge in [0.25, 0.3) is 0 Å². The second-order valence-electron chi connectivity index (χ2n) is 9.11. The van der Waals surface area contributed by atoms with Crippen LogP contribution in [0.15, 0.2) is 96.2 Å². The molecule has 1 unspecified atom stereocenters. The fourth-order valence-corrected chi connectivity index (χ4v) is 4.52. The van der Waals surface area contributed by atoms with Crippen molar-refractivity contribution in [1.82, 2.24) is 25.4 Å². The van der Waals surface area contributed by atoms with E-state index in [1.54, 1.807) is 45.3 Å². The molecule has 208 valence electrons. The minimum Gasteiger partial charge on any atom is -0.497 e. The van der Waals surface area contributed by atoms with Crippen LogP contribution in [0.4, 0.5) is 4.79 Å². The predicted molar refractivity (Wildman–Crippen MR) is 152 cm³/mol. The Morgan fingerprint density at radius 2 is 1.54 bits per heavy atom. The summed E-state index contributed by atoms with van der Waals surface area (Å²) in [7, 11) is 3.13. The molecule has 1 atom stereocenters. The molecule has 0 saturated carbocycles. The maximum absolute atomic E-state index is 13.2. The number of hydrogen-bond donors (Lipinski definition) is 1. The molecule has 41 heavy (non-hydrogen) atoms. The first-order chi connectivity index (χ1) is 20.0. The lowest BCUT2D eigenvalue weighted by atomic mass is 9.94. The van der Waals surface area contributed by atoms with Crippen molar-refractivity contribution in [2.24, 2.45) is 0 Å². The molecule has 1 aliphatic rings. The first kappa shape index (κ1) is 27.3. The molecule has 0 fully saturated rings. The fourth-order valence-electron chi connectivity index (χ4n) is 4.52. The monoisotopic (exact) mass is 551 g/mol. The van der Waals surface area contributed by atoms with Gasteiger partial charge in [-0.25, -0.2) is 9.59 Å². The van der Waals surface area contributed by atoms with Crippen molar-refractivity contribution in [3.8, 4) is 34.3 Å². The predicted octanol–water partition coefficient (Wildman–Crippen LogP) is 4.81. The standard InChI is InChI=1S/C31H29N5O5/c1-4-40-29(37)25-24(36(2)31(38)33-26(25)22-15-17-23(39-3)18-16-22)19-41-30-32-27(20-11-7-5-8-12-20)28(34-35-30)21-13-9-6-10-14-21/h5-18,26H,4,19H2,1-3H3,(H,33,38). The number of carbonyl (C=O) groups excluding carboxylic acids is 2. The Labute approximate surface area is 237 Å². The Hall–Kier alpha value is -5.25. The van der Waals surface area contributed by atoms with Crippen LogP contribution in [-0.4, -0.2) is 59.5 Å². The van der Waals surface area contributed by atoms with E-state index in [1.807, 2.05) is 60.7 Å². The molecule has 5 rings (SSSR count). The van der Waals surface area contributed by atoms with Gasteiger partial charge in [0.1, 0.15) is 23.7 Å². The molecule has 3 aromatic carbocycles. The van der Waals surface area contributed by atoms with Crippen molar-refractivity contribution in [1.29, 1.82) is 0 Å². The van der Waals surface area contributed by atoms with E-state index in [0.29, 0.717) is 28.4 Å². The lowest BCUT2D eigenvalue weighted by molar-refractivity contribution is -0.139. The highest BCUT2D eigenvalue weighted by atomic mass is 16.5. The SMILES string of the molecule is CCOC(=O)C1=C(COc2nnc(-c3ccccc3)c(-c3ccccc3)n2)N(C)C(=O)NC1c1ccc(OC)cc1. The first-order valence-electron chi connectivity index (χ1n) is 13.1. The summed E-state index contributed by atoms with van der Waals surface area (Å²) in [6.45, 7) is 1.71. The van der Waals surface area contributed by atoms with E-state index in [-0.39, 0.29) is 24.8 Å². The summed E-state index contributed by atoms with van der Waals surface area (Å²) in [5, 5.41) is 11.5. The van der Waals surface area contributed by atoms with Gasteiger partial charge in [0, 0.05) is 18.2 Å². The van der Waals surface area contributed by atoms with E-state index in [0.717, 1.165) is 11.1 Å². The van der Waals surface area contributed by atoms with E-state index in [9.17, 15) is 9.59 Å². The zero-order chi connectivity index (χ0) is 28.8. The number of ether oxygens (including phenoxy) is 3. The van der Waals surface area contributed by atoms with Crippen LogP contribution in [0.25, 0.3) is 22.5 Å². The molecular formula is C31H29N5O5. The zero-order valence-electron chi connectivity index (χ0n) is 22.9. The third-order valence-electron chi connectivity index (χ3n) is 6.62. The number of benzene rings is 3. The number of urea groups is 1. The fraction of sp³-hybridized carbons (Fsp3) is 0.194. The van der Waals surface area contributed by atoms with Gasteiger partial charge in [0.15, 0.2) is 0 Å². The molecule has 1 aromatic heterocycles. The van der Waals surface area contributed by atoms with Crippen molar-refractivity contribution < 1.29 is 23.8 Å². The number of likely N-dealkylation sites (N-methyl/N-ethyl adjacent to an activating group) is 1. The van der Waals surface area contributed by atoms with E-state index in [2.05, 4.69) is 20.5 Å². The minimum absolute atomic E-state index is 0.000350. The molecule has 1 N–H and O–H groups in total. The number of esters is 1. The average molecular weight is 552 g/mol. The average Bonchev–Trinajstić information content (AvgIpc) is 3.02. The first-order valence-corrected chi connectivity index (χ1v) is 13.1. The third-order valence-corrected chi connectivity index (χ3v) is 6.62. The highest BCUT2D eigenvalue weighted by Crippen LogP contribution is 2.33. The summed E-state index contributed by atoms with van der Waals surface area (Å²) in [5.41, 5.74) is 4.14. The largest absolute Gasteiger partial charge is 0.497 e. The van der Waals surface area contributed by atoms with Gasteiger partial charge in [-0.15, -0.1) is 5.10 Å². The van der Waals surface area contributed by atoms with Crippen LogP contribution < -0.4 is 14.8 Å². The molecule has 0 spiro atoms. The van der Waals surface area contributed by atoms with Gasteiger partial charge in [0.2, 0.25) is 0 Å². The van der Waals surface area contributed by atoms with Crippen LogP contribution in [-0.2, 0) is 9.53 Å². The van der Waals surface area contributed by atoms with Crippen LogP contribution in [0, 0.1) is 0 Å². The van der Waals surface area contributed by atoms with Gasteiger partial charge < -0.3 is 19.5 Å². The molecule has 0 radical (unpaired) electrons. The Kier molecular flexibility index (Phi) is 8.19. The van der Waals surface area contributed by atoms with Gasteiger partial charge in [-0.3, -0.25) is 4.90 Å². The Morgan fingerprint density at radius 3 is 2.15 bits per heavy atom. The highest BCUT2D eigenvalue weighted by molar-refractivity contribution is 5.95. The Bertz CT molecular complexity index is 1560. The lowest BCUT2D eigenvalue weighted by Crippen LogP contribution is -2.48. The summed E-state index contributed by atoms with van der Waals surface area (Å²) in [5.74, 6) is 0.0817. The second-order valence-corrected chi connectivity index (χ2v) is 9.11. The maximum Gasteiger partial charge on any atom is 0.338 e. The Morgan fingerprint density at radius 1 is 0.902 bits per heavy atom. The van der Waals surface area contributed by atoms with Crippen LogP contribution in [0.2, 0.25) is 0 Å². The van der Waals surface area contributed by atoms with Crippen LogP contribution in [0.1, 0.15) is 18.5 Å². The number of nitrogens with zero attached hydrogens (tertiary/aromatic N) is 4. The molecule has 0 bridgehead atoms. The van der Waals surface area contributed by atoms with Crippen molar-refractivity contribution in [2.45, 2.75) is 13.0 Å². The molecule has 4 aromatic rings. The van der Waals surface area contributed by atoms with Gasteiger partial charge in [-0.2, -0.15) is 4.98 Å². The minimum atomic E-state index is -0.762. The van der Waals surface area contributed by atoms with Crippen molar-refractivity contribution in [3.63, 3.8) is 0 Å². The summed E-state index contributed by atoms with van der Waals surface area (Å²) >= 11 is 0. The van der Waals surface area contributed by atoms with Gasteiger partial charge in [0.05, 0.1) is 31.0 Å². The molecule has 2 amide bonds. The summed E-state index contributed by atoms with van der Waals surface area (Å²) < 4.78 is 16.6. The molecule has 2 heterocycles. The molecule has 10 nitrogen and oxygen atoms in total. The van der Waals surface area contributed by atoms with Crippen LogP contribution in [0.5, 0.6) is 11.8 Å². The summed E-state index contributed by atoms with van der Waals surface area (Å²) in [6, 6.07) is 25.2. The summed E-state index contributed by atoms with van der Waals surface area (Å²) in [6.07, 6.45) is 0. The van der Waals surface area contributed by atoms with Crippen LogP contribution >= 0.6 is 0 Å². The zero-order valence-corrected chi connectivity index (χ0v) is 22.9. The molecule has 10 heteroatoms. The third kappa shape index (κ3) is 5.86. The number of hydrogen-bond acceptors (Lipinski definition) is 8. The van der Waals surface area contributed by atoms with Gasteiger partial charge in [-0.05, 0) is 24.6 Å². The van der Waals surface area contributed by atoms with Gasteiger partial charge >= 0.3 is 18.0 Å². The van der Waals surface area contributed by atoms with Crippen LogP contribution in [0.3, 0.4) is 0 Å². The number of rotatable bonds is 9. The topological polar surface area (TPSA) is 116 Å². The van der Waals surface area contributed by atoms with Crippen molar-refractivity contribution in [3.05, 3.63) is 102 Å². The second kappa shape index (κ2) is 12.3. The molecule has 0 aliphatic carbocycles. The van der Waals surface area contributed by atoms with E-state index in [4.69, 9.17) is 14.2 Å². The number of carbonyl (C=O) groups is 2. The molecule has 1 aliphatic heterocycles. The van der Waals surface area contributed by atoms with Crippen molar-refractivity contribution in [2.75, 3.05) is 27.4 Å². The van der Waals surface area contributed by atoms with E-state index in [1.165, 1.54) is 4.90 Å². The number of methoxy groups -OCH3 is 1. The van der Waals surface area contributed by atoms with Gasteiger partial charge in [-0.1, -0.05) is 77.9 Å². The molecule has 0 saturated heterocycles.